The van der Waals surface area contributed by atoms with Gasteiger partial charge in [0.1, 0.15) is 12.1 Å². The molecule has 1 aromatic heterocycles. The zero-order valence-corrected chi connectivity index (χ0v) is 13.3. The number of aromatic nitrogens is 1. The number of benzene rings is 1. The molecule has 0 aliphatic rings. The Bertz CT molecular complexity index is 955. The van der Waals surface area contributed by atoms with Crippen molar-refractivity contribution in [2.75, 3.05) is 0 Å². The molecular weight excluding hydrogens is 373 g/mol. The van der Waals surface area contributed by atoms with Crippen molar-refractivity contribution in [2.45, 2.75) is 12.7 Å². The van der Waals surface area contributed by atoms with Gasteiger partial charge in [0, 0.05) is 23.9 Å². The first kappa shape index (κ1) is 19.6. The molecule has 0 saturated heterocycles. The van der Waals surface area contributed by atoms with E-state index in [0.29, 0.717) is 10.6 Å². The highest BCUT2D eigenvalue weighted by Gasteiger charge is 2.34. The highest BCUT2D eigenvalue weighted by Crippen LogP contribution is 2.25. The van der Waals surface area contributed by atoms with E-state index in [1.165, 1.54) is 12.1 Å². The van der Waals surface area contributed by atoms with E-state index in [2.05, 4.69) is 0 Å². The Morgan fingerprint density at radius 1 is 1.15 bits per heavy atom. The third-order valence-electron chi connectivity index (χ3n) is 3.27. The summed E-state index contributed by atoms with van der Waals surface area (Å²) in [6, 6.07) is 6.19. The number of hydrogen-bond donors (Lipinski definition) is 2. The van der Waals surface area contributed by atoms with Gasteiger partial charge in [0.2, 0.25) is 0 Å². The Labute approximate surface area is 148 Å². The molecule has 0 saturated carbocycles. The average molecular weight is 384 g/mol. The van der Waals surface area contributed by atoms with Crippen LogP contribution in [0.3, 0.4) is 0 Å². The molecule has 0 aliphatic carbocycles. The van der Waals surface area contributed by atoms with Gasteiger partial charge in [0.15, 0.2) is 0 Å². The number of non-ortho nitro benzene ring substituents is 1. The topological polar surface area (TPSA) is 123 Å². The predicted molar refractivity (Wildman–Crippen MR) is 84.4 cm³/mol. The first-order valence-electron chi connectivity index (χ1n) is 7.20. The summed E-state index contributed by atoms with van der Waals surface area (Å²) in [6.45, 7) is -0.780. The Morgan fingerprint density at radius 3 is 2.48 bits per heavy atom. The number of nitro groups is 1. The predicted octanol–water partition coefficient (Wildman–Crippen LogP) is 1.24. The number of alkyl halides is 3. The number of nitro benzene ring substituents is 1. The molecule has 0 aliphatic heterocycles. The number of carbonyl (C=O) groups excluding carboxylic acids is 2. The number of hydrazine groups is 1. The quantitative estimate of drug-likeness (QED) is 0.606. The van der Waals surface area contributed by atoms with E-state index in [4.69, 9.17) is 0 Å². The van der Waals surface area contributed by atoms with Crippen molar-refractivity contribution in [3.63, 3.8) is 0 Å². The van der Waals surface area contributed by atoms with Crippen LogP contribution in [0, 0.1) is 10.1 Å². The maximum Gasteiger partial charge on any atom is 0.421 e. The van der Waals surface area contributed by atoms with Gasteiger partial charge >= 0.3 is 6.18 Å². The highest BCUT2D eigenvalue weighted by atomic mass is 19.4. The van der Waals surface area contributed by atoms with Crippen LogP contribution in [0.5, 0.6) is 0 Å². The van der Waals surface area contributed by atoms with Crippen molar-refractivity contribution < 1.29 is 27.7 Å². The summed E-state index contributed by atoms with van der Waals surface area (Å²) in [4.78, 5) is 45.3. The Hall–Kier alpha value is -3.70. The van der Waals surface area contributed by atoms with Crippen molar-refractivity contribution in [2.24, 2.45) is 0 Å². The highest BCUT2D eigenvalue weighted by molar-refractivity contribution is 5.95. The molecule has 12 heteroatoms. The lowest BCUT2D eigenvalue weighted by Crippen LogP contribution is -2.44. The Kier molecular flexibility index (Phi) is 5.58. The molecule has 0 bridgehead atoms. The molecule has 2 amide bonds. The lowest BCUT2D eigenvalue weighted by atomic mass is 10.2. The molecule has 1 heterocycles. The van der Waals surface area contributed by atoms with Gasteiger partial charge in [-0.25, -0.2) is 0 Å². The first-order chi connectivity index (χ1) is 12.6. The second-order valence-electron chi connectivity index (χ2n) is 5.16. The van der Waals surface area contributed by atoms with Gasteiger partial charge in [0.05, 0.1) is 4.92 Å². The van der Waals surface area contributed by atoms with Gasteiger partial charge in [-0.1, -0.05) is 6.07 Å². The molecule has 9 nitrogen and oxygen atoms in total. The van der Waals surface area contributed by atoms with Crippen LogP contribution >= 0.6 is 0 Å². The lowest BCUT2D eigenvalue weighted by Gasteiger charge is -2.11. The summed E-state index contributed by atoms with van der Waals surface area (Å²) < 4.78 is 38.6. The lowest BCUT2D eigenvalue weighted by molar-refractivity contribution is -0.384. The van der Waals surface area contributed by atoms with E-state index in [-0.39, 0.29) is 11.3 Å². The summed E-state index contributed by atoms with van der Waals surface area (Å²) in [7, 11) is 0. The fraction of sp³-hybridized carbons (Fsp3) is 0.133. The number of nitrogens with zero attached hydrogens (tertiary/aromatic N) is 2. The zero-order chi connectivity index (χ0) is 20.2. The molecule has 0 radical (unpaired) electrons. The summed E-state index contributed by atoms with van der Waals surface area (Å²) in [5.74, 6) is -1.86. The number of nitrogens with one attached hydrogen (secondary N) is 2. The van der Waals surface area contributed by atoms with Crippen molar-refractivity contribution in [1.29, 1.82) is 0 Å². The van der Waals surface area contributed by atoms with Crippen LogP contribution in [0.2, 0.25) is 0 Å². The van der Waals surface area contributed by atoms with Crippen LogP contribution in [-0.2, 0) is 17.5 Å². The molecular formula is C15H11F3N4O5. The normalized spacial score (nSPS) is 10.9. The fourth-order valence-electron chi connectivity index (χ4n) is 2.03. The fourth-order valence-corrected chi connectivity index (χ4v) is 2.03. The van der Waals surface area contributed by atoms with Crippen molar-refractivity contribution in [3.05, 3.63) is 74.2 Å². The van der Waals surface area contributed by atoms with Crippen molar-refractivity contribution in [3.8, 4) is 0 Å². The second-order valence-corrected chi connectivity index (χ2v) is 5.16. The third-order valence-corrected chi connectivity index (χ3v) is 3.27. The molecule has 0 fully saturated rings. The van der Waals surface area contributed by atoms with E-state index in [9.17, 15) is 37.7 Å². The molecule has 2 N–H and O–H groups in total. The van der Waals surface area contributed by atoms with Gasteiger partial charge in [-0.15, -0.1) is 0 Å². The first-order valence-corrected chi connectivity index (χ1v) is 7.20. The minimum absolute atomic E-state index is 0.124. The zero-order valence-electron chi connectivity index (χ0n) is 13.3. The molecule has 2 aromatic rings. The Morgan fingerprint density at radius 2 is 1.85 bits per heavy atom. The van der Waals surface area contributed by atoms with Gasteiger partial charge in [-0.3, -0.25) is 35.3 Å². The standard InChI is InChI=1S/C15H11F3N4O5/c16-15(17,18)11-5-2-6-21(14(11)25)8-12(23)19-20-13(24)9-3-1-4-10(7-9)22(26)27/h1-7H,8H2,(H,19,23)(H,20,24). The largest absolute Gasteiger partial charge is 0.421 e. The van der Waals surface area contributed by atoms with E-state index >= 15 is 0 Å². The average Bonchev–Trinajstić information content (AvgIpc) is 2.60. The summed E-state index contributed by atoms with van der Waals surface area (Å²) >= 11 is 0. The number of pyridine rings is 1. The van der Waals surface area contributed by atoms with E-state index in [1.807, 2.05) is 10.9 Å². The maximum atomic E-state index is 12.7. The van der Waals surface area contributed by atoms with Crippen LogP contribution in [0.15, 0.2) is 47.4 Å². The second kappa shape index (κ2) is 7.68. The minimum Gasteiger partial charge on any atom is -0.306 e. The van der Waals surface area contributed by atoms with Gasteiger partial charge in [-0.05, 0) is 18.2 Å². The van der Waals surface area contributed by atoms with E-state index < -0.39 is 40.6 Å². The van der Waals surface area contributed by atoms with Gasteiger partial charge in [0.25, 0.3) is 23.1 Å². The number of carbonyl (C=O) groups is 2. The van der Waals surface area contributed by atoms with Crippen LogP contribution in [0.4, 0.5) is 18.9 Å². The molecule has 27 heavy (non-hydrogen) atoms. The monoisotopic (exact) mass is 384 g/mol. The molecule has 0 atom stereocenters. The molecule has 2 rings (SSSR count). The van der Waals surface area contributed by atoms with Crippen LogP contribution in [-0.4, -0.2) is 21.3 Å². The van der Waals surface area contributed by atoms with Gasteiger partial charge < -0.3 is 4.57 Å². The molecule has 0 unspecified atom stereocenters. The summed E-state index contributed by atoms with van der Waals surface area (Å²) in [5, 5.41) is 10.7. The third kappa shape index (κ3) is 4.90. The van der Waals surface area contributed by atoms with Crippen LogP contribution in [0.25, 0.3) is 0 Å². The molecule has 1 aromatic carbocycles. The maximum absolute atomic E-state index is 12.7. The van der Waals surface area contributed by atoms with E-state index in [1.54, 1.807) is 0 Å². The van der Waals surface area contributed by atoms with E-state index in [0.717, 1.165) is 24.4 Å². The minimum atomic E-state index is -4.87. The van der Waals surface area contributed by atoms with Crippen molar-refractivity contribution >= 4 is 17.5 Å². The smallest absolute Gasteiger partial charge is 0.306 e. The summed E-state index contributed by atoms with van der Waals surface area (Å²) in [6.07, 6.45) is -3.88. The molecule has 0 spiro atoms. The number of halogens is 3. The number of amides is 2. The Balaban J connectivity index is 2.03. The molecule has 142 valence electrons. The van der Waals surface area contributed by atoms with Crippen molar-refractivity contribution in [1.82, 2.24) is 15.4 Å². The van der Waals surface area contributed by atoms with Crippen LogP contribution in [0.1, 0.15) is 15.9 Å². The number of rotatable bonds is 4. The number of hydrogen-bond acceptors (Lipinski definition) is 5. The van der Waals surface area contributed by atoms with Gasteiger partial charge in [-0.2, -0.15) is 13.2 Å². The SMILES string of the molecule is O=C(Cn1cccc(C(F)(F)F)c1=O)NNC(=O)c1cccc([N+](=O)[O-])c1. The van der Waals surface area contributed by atoms with Crippen LogP contribution < -0.4 is 16.4 Å². The summed E-state index contributed by atoms with van der Waals surface area (Å²) in [5.41, 5.74) is 0.554.